The zero-order valence-electron chi connectivity index (χ0n) is 17.6. The lowest BCUT2D eigenvalue weighted by Gasteiger charge is -2.31. The van der Waals surface area contributed by atoms with E-state index in [2.05, 4.69) is 6.92 Å². The van der Waals surface area contributed by atoms with E-state index in [9.17, 15) is 10.2 Å². The first-order chi connectivity index (χ1) is 13.4. The molecule has 0 heterocycles. The summed E-state index contributed by atoms with van der Waals surface area (Å²) in [5, 5.41) is 19.7. The highest BCUT2D eigenvalue weighted by molar-refractivity contribution is 5.36. The monoisotopic (exact) mass is 386 g/mol. The van der Waals surface area contributed by atoms with Gasteiger partial charge in [-0.1, -0.05) is 25.5 Å². The second-order valence-electron chi connectivity index (χ2n) is 7.49. The van der Waals surface area contributed by atoms with Crippen molar-refractivity contribution >= 4 is 0 Å². The molecule has 0 saturated heterocycles. The number of rotatable bonds is 11. The van der Waals surface area contributed by atoms with Gasteiger partial charge in [-0.2, -0.15) is 0 Å². The van der Waals surface area contributed by atoms with E-state index in [1.807, 2.05) is 31.2 Å². The molecule has 2 N–H and O–H groups in total. The number of phenolic OH excluding ortho intramolecular Hbond substituents is 2. The van der Waals surface area contributed by atoms with Crippen molar-refractivity contribution in [2.45, 2.75) is 64.6 Å². The summed E-state index contributed by atoms with van der Waals surface area (Å²) in [6, 6.07) is 11.1. The number of aromatic hydroxyl groups is 2. The van der Waals surface area contributed by atoms with Gasteiger partial charge in [0.15, 0.2) is 5.79 Å². The van der Waals surface area contributed by atoms with Gasteiger partial charge < -0.3 is 19.7 Å². The number of methoxy groups -OCH3 is 2. The Hall–Kier alpha value is -2.04. The lowest BCUT2D eigenvalue weighted by molar-refractivity contribution is -0.214. The maximum absolute atomic E-state index is 9.93. The largest absolute Gasteiger partial charge is 0.508 e. The minimum atomic E-state index is -0.703. The topological polar surface area (TPSA) is 58.9 Å². The number of unbranched alkanes of at least 4 members (excludes halogenated alkanes) is 1. The van der Waals surface area contributed by atoms with E-state index in [-0.39, 0.29) is 5.75 Å². The summed E-state index contributed by atoms with van der Waals surface area (Å²) < 4.78 is 11.6. The standard InChI is InChI=1S/C24H34O4/c1-5-6-7-19-9-11-23(26)17-21(19)13-15-24(27-3,28-4)14-12-20-16-22(25)10-8-18(20)2/h8-11,16-17,25-26H,5-7,12-15H2,1-4H3. The Morgan fingerprint density at radius 3 is 1.96 bits per heavy atom. The number of ether oxygens (including phenoxy) is 2. The Kier molecular flexibility index (Phi) is 8.34. The molecular weight excluding hydrogens is 352 g/mol. The molecule has 0 amide bonds. The predicted octanol–water partition coefficient (Wildman–Crippen LogP) is 5.30. The molecule has 0 aliphatic carbocycles. The minimum Gasteiger partial charge on any atom is -0.508 e. The van der Waals surface area contributed by atoms with E-state index in [0.29, 0.717) is 18.6 Å². The third-order valence-electron chi connectivity index (χ3n) is 5.62. The van der Waals surface area contributed by atoms with Crippen LogP contribution in [0.2, 0.25) is 0 Å². The third kappa shape index (κ3) is 5.98. The van der Waals surface area contributed by atoms with Gasteiger partial charge >= 0.3 is 0 Å². The lowest BCUT2D eigenvalue weighted by Crippen LogP contribution is -2.35. The second kappa shape index (κ2) is 10.5. The van der Waals surface area contributed by atoms with Crippen LogP contribution in [0.4, 0.5) is 0 Å². The lowest BCUT2D eigenvalue weighted by atomic mass is 9.93. The molecular formula is C24H34O4. The molecule has 154 valence electrons. The first-order valence-electron chi connectivity index (χ1n) is 10.1. The van der Waals surface area contributed by atoms with Gasteiger partial charge in [0, 0.05) is 27.1 Å². The van der Waals surface area contributed by atoms with Crippen LogP contribution in [0.15, 0.2) is 36.4 Å². The SMILES string of the molecule is CCCCc1ccc(O)cc1CCC(CCc1cc(O)ccc1C)(OC)OC. The van der Waals surface area contributed by atoms with E-state index in [0.717, 1.165) is 48.8 Å². The highest BCUT2D eigenvalue weighted by Crippen LogP contribution is 2.29. The van der Waals surface area contributed by atoms with Gasteiger partial charge in [-0.15, -0.1) is 0 Å². The number of benzene rings is 2. The van der Waals surface area contributed by atoms with Crippen LogP contribution < -0.4 is 0 Å². The molecule has 0 radical (unpaired) electrons. The summed E-state index contributed by atoms with van der Waals surface area (Å²) in [7, 11) is 3.36. The average Bonchev–Trinajstić information content (AvgIpc) is 2.70. The predicted molar refractivity (Wildman–Crippen MR) is 113 cm³/mol. The van der Waals surface area contributed by atoms with Gasteiger partial charge in [0.2, 0.25) is 0 Å². The van der Waals surface area contributed by atoms with Gasteiger partial charge in [-0.25, -0.2) is 0 Å². The Morgan fingerprint density at radius 1 is 0.786 bits per heavy atom. The zero-order valence-corrected chi connectivity index (χ0v) is 17.6. The number of hydrogen-bond acceptors (Lipinski definition) is 4. The molecule has 0 aromatic heterocycles. The van der Waals surface area contributed by atoms with Crippen molar-refractivity contribution in [1.29, 1.82) is 0 Å². The van der Waals surface area contributed by atoms with Gasteiger partial charge in [-0.3, -0.25) is 0 Å². The fourth-order valence-corrected chi connectivity index (χ4v) is 3.65. The molecule has 0 saturated carbocycles. The van der Waals surface area contributed by atoms with Crippen molar-refractivity contribution in [3.05, 3.63) is 58.7 Å². The summed E-state index contributed by atoms with van der Waals surface area (Å²) >= 11 is 0. The van der Waals surface area contributed by atoms with Crippen LogP contribution >= 0.6 is 0 Å². The smallest absolute Gasteiger partial charge is 0.168 e. The Balaban J connectivity index is 2.11. The molecule has 2 aromatic carbocycles. The summed E-state index contributed by atoms with van der Waals surface area (Å²) in [6.07, 6.45) is 6.20. The summed E-state index contributed by atoms with van der Waals surface area (Å²) in [5.74, 6) is -0.127. The van der Waals surface area contributed by atoms with Crippen molar-refractivity contribution in [2.24, 2.45) is 0 Å². The van der Waals surface area contributed by atoms with Crippen LogP contribution in [-0.2, 0) is 28.7 Å². The molecule has 0 aliphatic heterocycles. The maximum atomic E-state index is 9.93. The van der Waals surface area contributed by atoms with E-state index >= 15 is 0 Å². The molecule has 0 bridgehead atoms. The summed E-state index contributed by atoms with van der Waals surface area (Å²) in [6.45, 7) is 4.23. The quantitative estimate of drug-likeness (QED) is 0.514. The summed E-state index contributed by atoms with van der Waals surface area (Å²) in [5.41, 5.74) is 4.68. The van der Waals surface area contributed by atoms with Crippen molar-refractivity contribution < 1.29 is 19.7 Å². The van der Waals surface area contributed by atoms with Crippen LogP contribution in [0.3, 0.4) is 0 Å². The molecule has 0 spiro atoms. The van der Waals surface area contributed by atoms with Crippen molar-refractivity contribution in [2.75, 3.05) is 14.2 Å². The van der Waals surface area contributed by atoms with Crippen LogP contribution in [-0.4, -0.2) is 30.2 Å². The van der Waals surface area contributed by atoms with Crippen molar-refractivity contribution in [3.63, 3.8) is 0 Å². The van der Waals surface area contributed by atoms with Gasteiger partial charge in [0.25, 0.3) is 0 Å². The normalized spacial score (nSPS) is 11.7. The number of aryl methyl sites for hydroxylation is 4. The molecule has 0 unspecified atom stereocenters. The van der Waals surface area contributed by atoms with Crippen LogP contribution in [0.5, 0.6) is 11.5 Å². The Bertz CT molecular complexity index is 750. The van der Waals surface area contributed by atoms with Crippen LogP contribution in [0, 0.1) is 6.92 Å². The number of phenols is 2. The van der Waals surface area contributed by atoms with Crippen LogP contribution in [0.25, 0.3) is 0 Å². The van der Waals surface area contributed by atoms with E-state index in [4.69, 9.17) is 9.47 Å². The molecule has 0 aliphatic rings. The molecule has 4 heteroatoms. The van der Waals surface area contributed by atoms with Gasteiger partial charge in [-0.05, 0) is 79.1 Å². The van der Waals surface area contributed by atoms with Crippen molar-refractivity contribution in [3.8, 4) is 11.5 Å². The van der Waals surface area contributed by atoms with Crippen molar-refractivity contribution in [1.82, 2.24) is 0 Å². The van der Waals surface area contributed by atoms with E-state index < -0.39 is 5.79 Å². The van der Waals surface area contributed by atoms with E-state index in [1.54, 1.807) is 26.4 Å². The van der Waals surface area contributed by atoms with Gasteiger partial charge in [0.1, 0.15) is 11.5 Å². The minimum absolute atomic E-state index is 0.279. The highest BCUT2D eigenvalue weighted by Gasteiger charge is 2.29. The molecule has 0 atom stereocenters. The first kappa shape index (κ1) is 22.3. The van der Waals surface area contributed by atoms with E-state index in [1.165, 1.54) is 5.56 Å². The fraction of sp³-hybridized carbons (Fsp3) is 0.500. The van der Waals surface area contributed by atoms with Crippen LogP contribution in [0.1, 0.15) is 54.9 Å². The molecule has 0 fully saturated rings. The third-order valence-corrected chi connectivity index (χ3v) is 5.62. The first-order valence-corrected chi connectivity index (χ1v) is 10.1. The Morgan fingerprint density at radius 2 is 1.36 bits per heavy atom. The zero-order chi connectivity index (χ0) is 20.6. The number of hydrogen-bond donors (Lipinski definition) is 2. The fourth-order valence-electron chi connectivity index (χ4n) is 3.65. The summed E-state index contributed by atoms with van der Waals surface area (Å²) in [4.78, 5) is 0. The molecule has 4 nitrogen and oxygen atoms in total. The molecule has 2 rings (SSSR count). The van der Waals surface area contributed by atoms with Gasteiger partial charge in [0.05, 0.1) is 0 Å². The highest BCUT2D eigenvalue weighted by atomic mass is 16.7. The molecule has 2 aromatic rings. The Labute approximate surface area is 169 Å². The maximum Gasteiger partial charge on any atom is 0.168 e. The average molecular weight is 387 g/mol. The molecule has 28 heavy (non-hydrogen) atoms. The second-order valence-corrected chi connectivity index (χ2v) is 7.49.